The Morgan fingerprint density at radius 2 is 0.933 bits per heavy atom. The van der Waals surface area contributed by atoms with Crippen molar-refractivity contribution in [2.75, 3.05) is 21.1 Å². The zero-order valence-electron chi connectivity index (χ0n) is 19.0. The zero-order valence-corrected chi connectivity index (χ0v) is 19.9. The average Bonchev–Trinajstić information content (AvgIpc) is 2.54. The minimum atomic E-state index is -10.7. The van der Waals surface area contributed by atoms with Crippen LogP contribution in [0.3, 0.4) is 0 Å². The molecule has 1 nitrogen and oxygen atoms in total. The Labute approximate surface area is 178 Å². The van der Waals surface area contributed by atoms with Gasteiger partial charge < -0.3 is 4.48 Å². The normalized spacial score (nSPS) is 14.5. The van der Waals surface area contributed by atoms with E-state index < -0.39 is 7.81 Å². The molecular formula is C22H40F6NP. The first-order chi connectivity index (χ1) is 13.5. The molecule has 0 unspecified atom stereocenters. The van der Waals surface area contributed by atoms with Crippen molar-refractivity contribution in [3.8, 4) is 0 Å². The summed E-state index contributed by atoms with van der Waals surface area (Å²) in [5.41, 5.74) is 2.96. The molecule has 0 aliphatic heterocycles. The summed E-state index contributed by atoms with van der Waals surface area (Å²) in [6.45, 7) is 3.40. The molecule has 1 aromatic carbocycles. The van der Waals surface area contributed by atoms with E-state index in [1.807, 2.05) is 0 Å². The topological polar surface area (TPSA) is 0 Å². The van der Waals surface area contributed by atoms with Crippen LogP contribution in [0.5, 0.6) is 0 Å². The van der Waals surface area contributed by atoms with E-state index in [1.54, 1.807) is 0 Å². The van der Waals surface area contributed by atoms with Crippen molar-refractivity contribution in [1.82, 2.24) is 0 Å². The van der Waals surface area contributed by atoms with Crippen molar-refractivity contribution < 1.29 is 29.7 Å². The summed E-state index contributed by atoms with van der Waals surface area (Å²) in [4.78, 5) is 0. The minimum absolute atomic E-state index is 0.998. The molecule has 0 aromatic heterocycles. The first-order valence-electron chi connectivity index (χ1n) is 10.9. The van der Waals surface area contributed by atoms with Gasteiger partial charge in [-0.3, -0.25) is 0 Å². The van der Waals surface area contributed by atoms with E-state index in [1.165, 1.54) is 81.8 Å². The molecule has 0 spiro atoms. The number of hydrogen-bond donors (Lipinski definition) is 0. The second kappa shape index (κ2) is 11.7. The van der Waals surface area contributed by atoms with Crippen molar-refractivity contribution in [1.29, 1.82) is 0 Å². The van der Waals surface area contributed by atoms with Crippen LogP contribution in [0.4, 0.5) is 25.2 Å². The first kappa shape index (κ1) is 29.2. The van der Waals surface area contributed by atoms with Gasteiger partial charge in [-0.1, -0.05) is 89.0 Å². The van der Waals surface area contributed by atoms with E-state index in [0.717, 1.165) is 11.0 Å². The number of unbranched alkanes of at least 4 members (excludes halogenated alkanes) is 9. The third kappa shape index (κ3) is 27.2. The number of rotatable bonds is 13. The molecule has 0 N–H and O–H groups in total. The van der Waals surface area contributed by atoms with Gasteiger partial charge in [0.1, 0.15) is 6.54 Å². The van der Waals surface area contributed by atoms with Crippen LogP contribution in [0.15, 0.2) is 24.3 Å². The van der Waals surface area contributed by atoms with E-state index in [-0.39, 0.29) is 0 Å². The first-order valence-corrected chi connectivity index (χ1v) is 12.9. The number of nitrogens with zero attached hydrogens (tertiary/aromatic N) is 1. The van der Waals surface area contributed by atoms with Gasteiger partial charge in [0.25, 0.3) is 0 Å². The van der Waals surface area contributed by atoms with Crippen LogP contribution in [-0.2, 0) is 13.0 Å². The van der Waals surface area contributed by atoms with Crippen molar-refractivity contribution in [2.45, 2.75) is 84.1 Å². The van der Waals surface area contributed by atoms with Gasteiger partial charge in [-0.15, -0.1) is 0 Å². The summed E-state index contributed by atoms with van der Waals surface area (Å²) in [5.74, 6) is 0. The van der Waals surface area contributed by atoms with Gasteiger partial charge in [0, 0.05) is 5.56 Å². The van der Waals surface area contributed by atoms with E-state index in [9.17, 15) is 25.2 Å². The van der Waals surface area contributed by atoms with Gasteiger partial charge in [0.15, 0.2) is 0 Å². The van der Waals surface area contributed by atoms with Crippen LogP contribution in [0.2, 0.25) is 0 Å². The van der Waals surface area contributed by atoms with Gasteiger partial charge in [-0.25, -0.2) is 0 Å². The van der Waals surface area contributed by atoms with Crippen LogP contribution >= 0.6 is 7.81 Å². The molecule has 1 aromatic rings. The summed E-state index contributed by atoms with van der Waals surface area (Å²) < 4.78 is 60.2. The molecule has 0 aliphatic rings. The molecule has 8 heteroatoms. The third-order valence-electron chi connectivity index (χ3n) is 4.50. The van der Waals surface area contributed by atoms with Crippen LogP contribution in [0.1, 0.15) is 82.3 Å². The van der Waals surface area contributed by atoms with Gasteiger partial charge in [0.2, 0.25) is 0 Å². The van der Waals surface area contributed by atoms with Crippen molar-refractivity contribution >= 4 is 7.81 Å². The molecule has 0 amide bonds. The molecule has 1 rings (SSSR count). The molecule has 0 saturated carbocycles. The van der Waals surface area contributed by atoms with Gasteiger partial charge in [0.05, 0.1) is 21.1 Å². The number of benzene rings is 1. The Balaban J connectivity index is 0.00000103. The number of quaternary nitrogens is 1. The quantitative estimate of drug-likeness (QED) is 0.118. The number of aryl methyl sites for hydroxylation is 1. The Morgan fingerprint density at radius 1 is 0.600 bits per heavy atom. The predicted molar refractivity (Wildman–Crippen MR) is 117 cm³/mol. The molecule has 0 atom stereocenters. The fourth-order valence-corrected chi connectivity index (χ4v) is 3.18. The van der Waals surface area contributed by atoms with Crippen molar-refractivity contribution in [3.05, 3.63) is 35.4 Å². The molecule has 180 valence electrons. The number of halogens is 6. The van der Waals surface area contributed by atoms with Crippen LogP contribution in [0.25, 0.3) is 0 Å². The molecule has 30 heavy (non-hydrogen) atoms. The SMILES string of the molecule is CCCCCCCCCCCCc1ccc(C[N+](C)(C)C)cc1.F[P-](F)(F)(F)(F)F. The van der Waals surface area contributed by atoms with Gasteiger partial charge in [-0.2, -0.15) is 0 Å². The van der Waals surface area contributed by atoms with E-state index in [2.05, 4.69) is 52.3 Å². The Kier molecular flexibility index (Phi) is 11.4. The predicted octanol–water partition coefficient (Wildman–Crippen LogP) is 9.74. The molecule has 0 bridgehead atoms. The van der Waals surface area contributed by atoms with E-state index in [4.69, 9.17) is 0 Å². The summed E-state index contributed by atoms with van der Waals surface area (Å²) in [5, 5.41) is 0. The Bertz CT molecular complexity index is 564. The molecule has 0 radical (unpaired) electrons. The fourth-order valence-electron chi connectivity index (χ4n) is 3.18. The molecule has 0 aliphatic carbocycles. The van der Waals surface area contributed by atoms with Crippen molar-refractivity contribution in [2.24, 2.45) is 0 Å². The van der Waals surface area contributed by atoms with Crippen LogP contribution in [-0.4, -0.2) is 25.6 Å². The third-order valence-corrected chi connectivity index (χ3v) is 4.50. The Morgan fingerprint density at radius 3 is 1.30 bits per heavy atom. The fraction of sp³-hybridized carbons (Fsp3) is 0.727. The van der Waals surface area contributed by atoms with E-state index >= 15 is 0 Å². The van der Waals surface area contributed by atoms with Gasteiger partial charge >= 0.3 is 33.0 Å². The molecular weight excluding hydrogens is 423 g/mol. The Hall–Kier alpha value is -0.810. The number of hydrogen-bond acceptors (Lipinski definition) is 0. The maximum atomic E-state index is 9.87. The van der Waals surface area contributed by atoms with Gasteiger partial charge in [-0.05, 0) is 18.4 Å². The maximum absolute atomic E-state index is 10.7. The second-order valence-electron chi connectivity index (χ2n) is 9.16. The van der Waals surface area contributed by atoms with Crippen LogP contribution < -0.4 is 0 Å². The van der Waals surface area contributed by atoms with Crippen LogP contribution in [0, 0.1) is 0 Å². The summed E-state index contributed by atoms with van der Waals surface area (Å²) in [7, 11) is -3.91. The van der Waals surface area contributed by atoms with E-state index in [0.29, 0.717) is 0 Å². The second-order valence-corrected chi connectivity index (χ2v) is 11.1. The average molecular weight is 464 g/mol. The monoisotopic (exact) mass is 463 g/mol. The van der Waals surface area contributed by atoms with Crippen molar-refractivity contribution in [3.63, 3.8) is 0 Å². The summed E-state index contributed by atoms with van der Waals surface area (Å²) >= 11 is 0. The zero-order chi connectivity index (χ0) is 23.4. The standard InChI is InChI=1S/C22H40N.F6P/c1-5-6-7-8-9-10-11-12-13-14-15-21-16-18-22(19-17-21)20-23(2,3)4;1-7(2,3,4,5)6/h16-19H,5-15,20H2,1-4H3;/q+1;-1. The molecule has 0 heterocycles. The molecule has 0 saturated heterocycles. The molecule has 0 fully saturated rings. The summed E-state index contributed by atoms with van der Waals surface area (Å²) in [6, 6.07) is 9.29. The summed E-state index contributed by atoms with van der Waals surface area (Å²) in [6.07, 6.45) is 15.4.